The van der Waals surface area contributed by atoms with E-state index >= 15 is 0 Å². The number of carbonyl (C=O) groups is 2. The summed E-state index contributed by atoms with van der Waals surface area (Å²) in [6.07, 6.45) is 12.0. The molecule has 0 unspecified atom stereocenters. The molecule has 5 aliphatic carbocycles. The van der Waals surface area contributed by atoms with Gasteiger partial charge in [0.25, 0.3) is 5.09 Å². The molecule has 5 rings (SSSR count). The van der Waals surface area contributed by atoms with Gasteiger partial charge in [0.1, 0.15) is 5.78 Å². The molecular formula is C34H56N2O5. The van der Waals surface area contributed by atoms with Crippen LogP contribution in [-0.2, 0) is 14.4 Å². The standard InChI is InChI=1S/C34H56N2O5/c1-22(2)23-12-17-34(29(38)35-20-8-9-21-41-36(39)40)19-18-32(6)24(28(23)34)10-11-26-31(5)15-14-27(37)30(3,4)25(31)13-16-33(26,32)7/h22-26,28H,8-21H2,1-7H3,(H,35,38)/t23-,24+,25-,26+,28+,31-,32+,33+,34-/m0/s1. The number of ketones is 1. The number of fused-ring (bicyclic) bond motifs is 7. The molecule has 1 N–H and O–H groups in total. The fourth-order valence-electron chi connectivity index (χ4n) is 12.3. The van der Waals surface area contributed by atoms with Crippen molar-refractivity contribution in [2.75, 3.05) is 13.2 Å². The van der Waals surface area contributed by atoms with E-state index in [2.05, 4.69) is 58.6 Å². The third kappa shape index (κ3) is 4.48. The van der Waals surface area contributed by atoms with E-state index in [-0.39, 0.29) is 39.6 Å². The zero-order valence-electron chi connectivity index (χ0n) is 26.9. The number of rotatable bonds is 8. The number of hydrogen-bond acceptors (Lipinski definition) is 5. The zero-order chi connectivity index (χ0) is 30.0. The summed E-state index contributed by atoms with van der Waals surface area (Å²) in [5.74, 6) is 3.87. The third-order valence-corrected chi connectivity index (χ3v) is 14.6. The van der Waals surface area contributed by atoms with Gasteiger partial charge in [0.15, 0.2) is 0 Å². The Morgan fingerprint density at radius 3 is 2.37 bits per heavy atom. The van der Waals surface area contributed by atoms with Crippen LogP contribution in [0, 0.1) is 72.7 Å². The van der Waals surface area contributed by atoms with Gasteiger partial charge in [-0.25, -0.2) is 0 Å². The predicted octanol–water partition coefficient (Wildman–Crippen LogP) is 7.40. The monoisotopic (exact) mass is 572 g/mol. The van der Waals surface area contributed by atoms with Crippen molar-refractivity contribution in [2.24, 2.45) is 62.6 Å². The number of Topliss-reactive ketones (excluding diaryl/α,β-unsaturated/α-hetero) is 1. The zero-order valence-corrected chi connectivity index (χ0v) is 26.9. The molecule has 0 aromatic heterocycles. The maximum Gasteiger partial charge on any atom is 0.294 e. The van der Waals surface area contributed by atoms with Gasteiger partial charge < -0.3 is 10.2 Å². The number of nitrogens with zero attached hydrogens (tertiary/aromatic N) is 1. The smallest absolute Gasteiger partial charge is 0.294 e. The van der Waals surface area contributed by atoms with Gasteiger partial charge in [-0.3, -0.25) is 9.59 Å². The maximum absolute atomic E-state index is 14.1. The van der Waals surface area contributed by atoms with Crippen LogP contribution >= 0.6 is 0 Å². The Balaban J connectivity index is 1.40. The van der Waals surface area contributed by atoms with E-state index in [1.165, 1.54) is 19.3 Å². The van der Waals surface area contributed by atoms with Crippen LogP contribution in [0.25, 0.3) is 0 Å². The second kappa shape index (κ2) is 10.5. The second-order valence-electron chi connectivity index (χ2n) is 16.5. The average Bonchev–Trinajstić information content (AvgIpc) is 3.30. The van der Waals surface area contributed by atoms with Crippen LogP contribution in [0.4, 0.5) is 0 Å². The fourth-order valence-corrected chi connectivity index (χ4v) is 12.3. The van der Waals surface area contributed by atoms with Crippen molar-refractivity contribution in [3.8, 4) is 0 Å². The van der Waals surface area contributed by atoms with Gasteiger partial charge in [0.2, 0.25) is 5.91 Å². The van der Waals surface area contributed by atoms with Gasteiger partial charge in [-0.15, -0.1) is 10.1 Å². The van der Waals surface area contributed by atoms with Crippen LogP contribution in [0.15, 0.2) is 0 Å². The van der Waals surface area contributed by atoms with E-state index in [0.29, 0.717) is 60.7 Å². The maximum atomic E-state index is 14.1. The number of hydrogen-bond donors (Lipinski definition) is 1. The second-order valence-corrected chi connectivity index (χ2v) is 16.5. The molecule has 5 aliphatic rings. The minimum atomic E-state index is -0.748. The first-order valence-electron chi connectivity index (χ1n) is 16.7. The quantitative estimate of drug-likeness (QED) is 0.186. The molecule has 41 heavy (non-hydrogen) atoms. The Kier molecular flexibility index (Phi) is 7.89. The lowest BCUT2D eigenvalue weighted by Crippen LogP contribution is -2.67. The Morgan fingerprint density at radius 1 is 0.951 bits per heavy atom. The Hall–Kier alpha value is -1.66. The van der Waals surface area contributed by atoms with Crippen molar-refractivity contribution in [2.45, 2.75) is 126 Å². The van der Waals surface area contributed by atoms with Gasteiger partial charge in [-0.2, -0.15) is 0 Å². The topological polar surface area (TPSA) is 98.5 Å². The molecule has 0 aliphatic heterocycles. The molecule has 9 atom stereocenters. The van der Waals surface area contributed by atoms with E-state index in [9.17, 15) is 19.7 Å². The lowest BCUT2D eigenvalue weighted by Gasteiger charge is -2.72. The van der Waals surface area contributed by atoms with Crippen LogP contribution in [0.2, 0.25) is 0 Å². The lowest BCUT2D eigenvalue weighted by atomic mass is 9.32. The molecular weight excluding hydrogens is 516 g/mol. The van der Waals surface area contributed by atoms with Crippen molar-refractivity contribution in [3.05, 3.63) is 10.1 Å². The summed E-state index contributed by atoms with van der Waals surface area (Å²) in [5.41, 5.74) is 0.106. The normalized spacial score (nSPS) is 44.8. The highest BCUT2D eigenvalue weighted by Gasteiger charge is 2.71. The third-order valence-electron chi connectivity index (χ3n) is 14.6. The molecule has 232 valence electrons. The number of unbranched alkanes of at least 4 members (excludes halogenated alkanes) is 1. The minimum Gasteiger partial charge on any atom is -0.356 e. The number of amides is 1. The van der Waals surface area contributed by atoms with Gasteiger partial charge in [-0.1, -0.05) is 48.5 Å². The number of carbonyl (C=O) groups excluding carboxylic acids is 2. The minimum absolute atomic E-state index is 0.0807. The summed E-state index contributed by atoms with van der Waals surface area (Å²) < 4.78 is 0. The molecule has 5 saturated carbocycles. The van der Waals surface area contributed by atoms with Gasteiger partial charge in [0.05, 0.1) is 12.0 Å². The van der Waals surface area contributed by atoms with Crippen molar-refractivity contribution in [1.82, 2.24) is 5.32 Å². The summed E-state index contributed by atoms with van der Waals surface area (Å²) in [4.78, 5) is 42.0. The Bertz CT molecular complexity index is 1060. The predicted molar refractivity (Wildman–Crippen MR) is 159 cm³/mol. The summed E-state index contributed by atoms with van der Waals surface area (Å²) >= 11 is 0. The Labute approximate surface area is 247 Å². The number of nitrogens with one attached hydrogen (secondary N) is 1. The molecule has 7 nitrogen and oxygen atoms in total. The van der Waals surface area contributed by atoms with Crippen LogP contribution < -0.4 is 5.32 Å². The van der Waals surface area contributed by atoms with E-state index < -0.39 is 5.09 Å². The molecule has 0 saturated heterocycles. The molecule has 0 radical (unpaired) electrons. The van der Waals surface area contributed by atoms with Gasteiger partial charge in [-0.05, 0) is 122 Å². The molecule has 0 aromatic carbocycles. The molecule has 0 bridgehead atoms. The lowest BCUT2D eigenvalue weighted by molar-refractivity contribution is -0.757. The van der Waals surface area contributed by atoms with Gasteiger partial charge >= 0.3 is 0 Å². The van der Waals surface area contributed by atoms with Crippen LogP contribution in [0.5, 0.6) is 0 Å². The highest BCUT2D eigenvalue weighted by atomic mass is 16.9. The molecule has 5 fully saturated rings. The van der Waals surface area contributed by atoms with Crippen molar-refractivity contribution >= 4 is 11.7 Å². The van der Waals surface area contributed by atoms with Gasteiger partial charge in [0, 0.05) is 18.4 Å². The van der Waals surface area contributed by atoms with E-state index in [4.69, 9.17) is 0 Å². The van der Waals surface area contributed by atoms with Crippen LogP contribution in [-0.4, -0.2) is 29.9 Å². The highest BCUT2D eigenvalue weighted by Crippen LogP contribution is 2.77. The fraction of sp³-hybridized carbons (Fsp3) is 0.941. The summed E-state index contributed by atoms with van der Waals surface area (Å²) in [5, 5.41) is 13.0. The van der Waals surface area contributed by atoms with Crippen LogP contribution in [0.3, 0.4) is 0 Å². The Morgan fingerprint density at radius 2 is 1.68 bits per heavy atom. The first-order chi connectivity index (χ1) is 19.1. The molecule has 7 heteroatoms. The molecule has 0 aromatic rings. The summed E-state index contributed by atoms with van der Waals surface area (Å²) in [6.45, 7) is 17.6. The largest absolute Gasteiger partial charge is 0.356 e. The first-order valence-corrected chi connectivity index (χ1v) is 16.7. The summed E-state index contributed by atoms with van der Waals surface area (Å²) in [6, 6.07) is 0. The molecule has 0 spiro atoms. The van der Waals surface area contributed by atoms with E-state index in [1.807, 2.05) is 0 Å². The first kappa shape index (κ1) is 30.8. The van der Waals surface area contributed by atoms with E-state index in [1.54, 1.807) is 0 Å². The van der Waals surface area contributed by atoms with Crippen LogP contribution in [0.1, 0.15) is 126 Å². The average molecular weight is 573 g/mol. The van der Waals surface area contributed by atoms with Crippen molar-refractivity contribution < 1.29 is 19.5 Å². The van der Waals surface area contributed by atoms with E-state index in [0.717, 1.165) is 44.9 Å². The highest BCUT2D eigenvalue weighted by molar-refractivity contribution is 5.85. The molecule has 1 amide bonds. The SMILES string of the molecule is CC(C)[C@@H]1CC[C@]2(C(=O)NCCCCO[N+](=O)[O-])CC[C@]3(C)[C@H](CC[C@@H]4[C@@]5(C)CCC(=O)C(C)(C)[C@@H]5CC[C@]43C)[C@@H]12. The summed E-state index contributed by atoms with van der Waals surface area (Å²) in [7, 11) is 0. The molecule has 0 heterocycles. The van der Waals surface area contributed by atoms with Crippen molar-refractivity contribution in [3.63, 3.8) is 0 Å². The van der Waals surface area contributed by atoms with Crippen molar-refractivity contribution in [1.29, 1.82) is 0 Å².